The smallest absolute Gasteiger partial charge is 0.146 e. The van der Waals surface area contributed by atoms with Gasteiger partial charge in [0.05, 0.1) is 26.0 Å². The highest BCUT2D eigenvalue weighted by Gasteiger charge is 2.22. The minimum absolute atomic E-state index is 0.169. The number of nitrogens with zero attached hydrogens (tertiary/aromatic N) is 1. The lowest BCUT2D eigenvalue weighted by Crippen LogP contribution is -2.16. The number of methoxy groups -OCH3 is 2. The van der Waals surface area contributed by atoms with E-state index in [-0.39, 0.29) is 5.69 Å². The average Bonchev–Trinajstić information content (AvgIpc) is 2.46. The van der Waals surface area contributed by atoms with Crippen LogP contribution in [0.5, 0.6) is 11.5 Å². The fraction of sp³-hybridized carbons (Fsp3) is 0.214. The van der Waals surface area contributed by atoms with Crippen molar-refractivity contribution in [2.45, 2.75) is 6.04 Å². The van der Waals surface area contributed by atoms with Crippen LogP contribution in [0.3, 0.4) is 0 Å². The highest BCUT2D eigenvalue weighted by atomic mass is 79.9. The molecule has 0 aliphatic heterocycles. The standard InChI is InChI=1S/C14H14BrFN2O2/c1-19-10-6-5-8(14(20-2)11(10)15)12(17)13-9(16)4-3-7-18-13/h3-7,12H,17H2,1-2H3. The molecule has 2 aromatic rings. The van der Waals surface area contributed by atoms with Crippen molar-refractivity contribution in [3.05, 3.63) is 52.0 Å². The Kier molecular flexibility index (Phi) is 4.57. The van der Waals surface area contributed by atoms with Crippen molar-refractivity contribution in [3.63, 3.8) is 0 Å². The lowest BCUT2D eigenvalue weighted by molar-refractivity contribution is 0.384. The molecule has 20 heavy (non-hydrogen) atoms. The largest absolute Gasteiger partial charge is 0.495 e. The van der Waals surface area contributed by atoms with Crippen molar-refractivity contribution in [2.24, 2.45) is 5.73 Å². The number of nitrogens with two attached hydrogens (primary N) is 1. The van der Waals surface area contributed by atoms with Crippen molar-refractivity contribution >= 4 is 15.9 Å². The minimum Gasteiger partial charge on any atom is -0.495 e. The molecule has 0 bridgehead atoms. The second-order valence-corrected chi connectivity index (χ2v) is 4.85. The van der Waals surface area contributed by atoms with Crippen LogP contribution in [0.1, 0.15) is 17.3 Å². The summed E-state index contributed by atoms with van der Waals surface area (Å²) in [6.45, 7) is 0. The third kappa shape index (κ3) is 2.62. The molecule has 106 valence electrons. The van der Waals surface area contributed by atoms with E-state index in [4.69, 9.17) is 15.2 Å². The van der Waals surface area contributed by atoms with Gasteiger partial charge in [-0.2, -0.15) is 0 Å². The van der Waals surface area contributed by atoms with Gasteiger partial charge >= 0.3 is 0 Å². The highest BCUT2D eigenvalue weighted by molar-refractivity contribution is 9.10. The Labute approximate surface area is 124 Å². The van der Waals surface area contributed by atoms with Crippen LogP contribution in [0.2, 0.25) is 0 Å². The van der Waals surface area contributed by atoms with Crippen LogP contribution < -0.4 is 15.2 Å². The zero-order chi connectivity index (χ0) is 14.7. The van der Waals surface area contributed by atoms with Crippen LogP contribution >= 0.6 is 15.9 Å². The molecule has 0 saturated carbocycles. The normalized spacial score (nSPS) is 12.1. The van der Waals surface area contributed by atoms with E-state index in [1.165, 1.54) is 25.4 Å². The van der Waals surface area contributed by atoms with Gasteiger partial charge in [0, 0.05) is 11.8 Å². The van der Waals surface area contributed by atoms with E-state index in [9.17, 15) is 4.39 Å². The second kappa shape index (κ2) is 6.19. The van der Waals surface area contributed by atoms with Gasteiger partial charge in [-0.15, -0.1) is 0 Å². The molecule has 2 N–H and O–H groups in total. The Balaban J connectivity index is 2.53. The predicted octanol–water partition coefficient (Wildman–Crippen LogP) is 3.05. The first-order chi connectivity index (χ1) is 9.60. The Morgan fingerprint density at radius 2 is 2.00 bits per heavy atom. The molecule has 0 aliphatic carbocycles. The molecule has 4 nitrogen and oxygen atoms in total. The lowest BCUT2D eigenvalue weighted by atomic mass is 10.0. The van der Waals surface area contributed by atoms with E-state index in [0.29, 0.717) is 21.5 Å². The maximum Gasteiger partial charge on any atom is 0.146 e. The Morgan fingerprint density at radius 1 is 1.25 bits per heavy atom. The number of halogens is 2. The average molecular weight is 341 g/mol. The van der Waals surface area contributed by atoms with Crippen LogP contribution in [-0.4, -0.2) is 19.2 Å². The summed E-state index contributed by atoms with van der Waals surface area (Å²) in [6, 6.07) is 5.59. The molecule has 1 unspecified atom stereocenters. The van der Waals surface area contributed by atoms with E-state index in [1.54, 1.807) is 19.2 Å². The van der Waals surface area contributed by atoms with Gasteiger partial charge in [0.25, 0.3) is 0 Å². The van der Waals surface area contributed by atoms with Crippen molar-refractivity contribution in [1.29, 1.82) is 0 Å². The van der Waals surface area contributed by atoms with Crippen LogP contribution in [0.15, 0.2) is 34.9 Å². The van der Waals surface area contributed by atoms with Crippen LogP contribution in [0, 0.1) is 5.82 Å². The topological polar surface area (TPSA) is 57.4 Å². The van der Waals surface area contributed by atoms with Crippen LogP contribution in [0.4, 0.5) is 4.39 Å². The van der Waals surface area contributed by atoms with E-state index in [0.717, 1.165) is 0 Å². The predicted molar refractivity (Wildman–Crippen MR) is 77.5 cm³/mol. The fourth-order valence-electron chi connectivity index (χ4n) is 1.94. The Bertz CT molecular complexity index is 622. The summed E-state index contributed by atoms with van der Waals surface area (Å²) >= 11 is 3.39. The van der Waals surface area contributed by atoms with Gasteiger partial charge in [-0.1, -0.05) is 0 Å². The number of aromatic nitrogens is 1. The summed E-state index contributed by atoms with van der Waals surface area (Å²) in [5.41, 5.74) is 6.90. The summed E-state index contributed by atoms with van der Waals surface area (Å²) < 4.78 is 25.0. The number of benzene rings is 1. The zero-order valence-corrected chi connectivity index (χ0v) is 12.6. The molecule has 0 amide bonds. The summed E-state index contributed by atoms with van der Waals surface area (Å²) in [6.07, 6.45) is 1.50. The van der Waals surface area contributed by atoms with Crippen molar-refractivity contribution in [3.8, 4) is 11.5 Å². The first-order valence-electron chi connectivity index (χ1n) is 5.86. The molecule has 1 atom stereocenters. The first kappa shape index (κ1) is 14.7. The summed E-state index contributed by atoms with van der Waals surface area (Å²) in [7, 11) is 3.07. The monoisotopic (exact) mass is 340 g/mol. The molecule has 0 saturated heterocycles. The second-order valence-electron chi connectivity index (χ2n) is 4.05. The third-order valence-corrected chi connectivity index (χ3v) is 3.68. The van der Waals surface area contributed by atoms with Gasteiger partial charge < -0.3 is 15.2 Å². The Morgan fingerprint density at radius 3 is 2.60 bits per heavy atom. The first-order valence-corrected chi connectivity index (χ1v) is 6.65. The van der Waals surface area contributed by atoms with Crippen molar-refractivity contribution in [1.82, 2.24) is 4.98 Å². The SMILES string of the molecule is COc1ccc(C(N)c2ncccc2F)c(OC)c1Br. The fourth-order valence-corrected chi connectivity index (χ4v) is 2.62. The molecule has 6 heteroatoms. The van der Waals surface area contributed by atoms with E-state index < -0.39 is 11.9 Å². The van der Waals surface area contributed by atoms with Crippen molar-refractivity contribution in [2.75, 3.05) is 14.2 Å². The third-order valence-electron chi connectivity index (χ3n) is 2.93. The van der Waals surface area contributed by atoms with Gasteiger partial charge in [-0.3, -0.25) is 4.98 Å². The van der Waals surface area contributed by atoms with E-state index >= 15 is 0 Å². The molecule has 1 aromatic heterocycles. The summed E-state index contributed by atoms with van der Waals surface area (Å²) in [4.78, 5) is 4.00. The number of hydrogen-bond donors (Lipinski definition) is 1. The molecule has 2 rings (SSSR count). The molecule has 0 aliphatic rings. The summed E-state index contributed by atoms with van der Waals surface area (Å²) in [5.74, 6) is 0.662. The quantitative estimate of drug-likeness (QED) is 0.929. The van der Waals surface area contributed by atoms with Gasteiger partial charge in [0.1, 0.15) is 21.8 Å². The molecule has 1 aromatic carbocycles. The molecular formula is C14H14BrFN2O2. The molecule has 0 fully saturated rings. The molecule has 0 spiro atoms. The van der Waals surface area contributed by atoms with E-state index in [1.807, 2.05) is 0 Å². The maximum absolute atomic E-state index is 13.8. The minimum atomic E-state index is -0.728. The van der Waals surface area contributed by atoms with Gasteiger partial charge in [0.2, 0.25) is 0 Å². The van der Waals surface area contributed by atoms with Gasteiger partial charge in [0.15, 0.2) is 0 Å². The number of pyridine rings is 1. The number of ether oxygens (including phenoxy) is 2. The van der Waals surface area contributed by atoms with E-state index in [2.05, 4.69) is 20.9 Å². The molecule has 1 heterocycles. The van der Waals surface area contributed by atoms with Gasteiger partial charge in [-0.25, -0.2) is 4.39 Å². The van der Waals surface area contributed by atoms with Gasteiger partial charge in [-0.05, 0) is 40.2 Å². The van der Waals surface area contributed by atoms with Crippen LogP contribution in [-0.2, 0) is 0 Å². The lowest BCUT2D eigenvalue weighted by Gasteiger charge is -2.18. The number of hydrogen-bond acceptors (Lipinski definition) is 4. The molecular weight excluding hydrogens is 327 g/mol. The zero-order valence-electron chi connectivity index (χ0n) is 11.1. The number of rotatable bonds is 4. The molecule has 0 radical (unpaired) electrons. The summed E-state index contributed by atoms with van der Waals surface area (Å²) in [5, 5.41) is 0. The van der Waals surface area contributed by atoms with Crippen LogP contribution in [0.25, 0.3) is 0 Å². The highest BCUT2D eigenvalue weighted by Crippen LogP contribution is 2.40. The Hall–Kier alpha value is -1.66. The maximum atomic E-state index is 13.8. The van der Waals surface area contributed by atoms with Crippen molar-refractivity contribution < 1.29 is 13.9 Å².